The van der Waals surface area contributed by atoms with Crippen molar-refractivity contribution < 1.29 is 27.4 Å². The van der Waals surface area contributed by atoms with E-state index in [1.807, 2.05) is 0 Å². The molecule has 2 aliphatic carbocycles. The van der Waals surface area contributed by atoms with Gasteiger partial charge in [0.05, 0.1) is 30.5 Å². The Kier molecular flexibility index (Phi) is 5.26. The minimum Gasteiger partial charge on any atom is -0.444 e. The highest BCUT2D eigenvalue weighted by Gasteiger charge is 2.57. The maximum Gasteiger partial charge on any atom is 0.416 e. The number of aliphatic imine (C=N–C) groups is 1. The van der Waals surface area contributed by atoms with Gasteiger partial charge in [-0.25, -0.2) is 10.2 Å². The summed E-state index contributed by atoms with van der Waals surface area (Å²) >= 11 is 0. The smallest absolute Gasteiger partial charge is 0.416 e. The van der Waals surface area contributed by atoms with Crippen LogP contribution in [0, 0.1) is 0 Å². The number of hydrogen-bond donors (Lipinski definition) is 3. The number of halogens is 3. The van der Waals surface area contributed by atoms with Crippen LogP contribution in [0.15, 0.2) is 29.3 Å². The van der Waals surface area contributed by atoms with Crippen LogP contribution in [0.25, 0.3) is 0 Å². The predicted molar refractivity (Wildman–Crippen MR) is 98.0 cm³/mol. The van der Waals surface area contributed by atoms with Crippen molar-refractivity contribution in [2.45, 2.75) is 62.2 Å². The summed E-state index contributed by atoms with van der Waals surface area (Å²) in [7, 11) is 0. The molecule has 0 aromatic heterocycles. The second-order valence-electron chi connectivity index (χ2n) is 7.72. The van der Waals surface area contributed by atoms with Gasteiger partial charge in [0, 0.05) is 6.04 Å². The zero-order chi connectivity index (χ0) is 20.6. The molecule has 3 fully saturated rings. The van der Waals surface area contributed by atoms with E-state index in [9.17, 15) is 18.0 Å². The molecule has 3 aliphatic rings. The molecule has 1 aromatic carbocycles. The fourth-order valence-electron chi connectivity index (χ4n) is 3.61. The standard InChI is InChI=1S/C19H23F3N4O3/c20-19(21,22)12-3-1-11(2-4-12)9-24-16-15(26-23)14(7-8-18(16)10-28-18)29-17(27)25-13-5-6-13/h1-4,13-15,26H,5-10,23H2,(H,25,27). The number of epoxide rings is 1. The Morgan fingerprint density at radius 1 is 1.28 bits per heavy atom. The zero-order valence-corrected chi connectivity index (χ0v) is 15.7. The van der Waals surface area contributed by atoms with Crippen LogP contribution in [0.2, 0.25) is 0 Å². The fraction of sp³-hybridized carbons (Fsp3) is 0.579. The Hall–Kier alpha value is -2.17. The lowest BCUT2D eigenvalue weighted by atomic mass is 9.82. The number of hydrazine groups is 1. The second-order valence-corrected chi connectivity index (χ2v) is 7.72. The average molecular weight is 412 g/mol. The number of alkyl halides is 3. The molecule has 1 saturated heterocycles. The van der Waals surface area contributed by atoms with Crippen molar-refractivity contribution in [2.24, 2.45) is 10.8 Å². The first kappa shape index (κ1) is 20.1. The van der Waals surface area contributed by atoms with Crippen molar-refractivity contribution in [3.8, 4) is 0 Å². The number of amides is 1. The van der Waals surface area contributed by atoms with Crippen LogP contribution in [-0.2, 0) is 22.2 Å². The summed E-state index contributed by atoms with van der Waals surface area (Å²) in [6.45, 7) is 0.676. The van der Waals surface area contributed by atoms with Crippen molar-refractivity contribution in [2.75, 3.05) is 6.61 Å². The molecule has 7 nitrogen and oxygen atoms in total. The number of benzene rings is 1. The third-order valence-corrected chi connectivity index (χ3v) is 5.51. The summed E-state index contributed by atoms with van der Waals surface area (Å²) < 4.78 is 49.3. The third kappa shape index (κ3) is 4.54. The van der Waals surface area contributed by atoms with E-state index in [1.165, 1.54) is 12.1 Å². The van der Waals surface area contributed by atoms with Crippen molar-refractivity contribution in [3.05, 3.63) is 35.4 Å². The number of rotatable bonds is 5. The Morgan fingerprint density at radius 2 is 1.97 bits per heavy atom. The minimum atomic E-state index is -4.38. The monoisotopic (exact) mass is 412 g/mol. The Bertz CT molecular complexity index is 789. The predicted octanol–water partition coefficient (Wildman–Crippen LogP) is 2.30. The summed E-state index contributed by atoms with van der Waals surface area (Å²) in [5.74, 6) is 5.74. The molecule has 2 saturated carbocycles. The molecule has 4 rings (SSSR count). The maximum absolute atomic E-state index is 12.7. The second kappa shape index (κ2) is 7.58. The molecule has 10 heteroatoms. The molecule has 1 aliphatic heterocycles. The number of hydrogen-bond acceptors (Lipinski definition) is 6. The summed E-state index contributed by atoms with van der Waals surface area (Å²) in [6, 6.07) is 4.53. The van der Waals surface area contributed by atoms with E-state index >= 15 is 0 Å². The zero-order valence-electron chi connectivity index (χ0n) is 15.7. The van der Waals surface area contributed by atoms with Gasteiger partial charge in [-0.15, -0.1) is 0 Å². The lowest BCUT2D eigenvalue weighted by Gasteiger charge is -2.35. The molecule has 3 unspecified atom stereocenters. The van der Waals surface area contributed by atoms with E-state index in [2.05, 4.69) is 15.7 Å². The van der Waals surface area contributed by atoms with Gasteiger partial charge in [0.2, 0.25) is 0 Å². The highest BCUT2D eigenvalue weighted by molar-refractivity contribution is 6.00. The SMILES string of the molecule is NNC1C(=NCc2ccc(C(F)(F)F)cc2)C2(CCC1OC(=O)NC1CC1)CO2. The first-order valence-corrected chi connectivity index (χ1v) is 9.59. The molecule has 0 radical (unpaired) electrons. The normalized spacial score (nSPS) is 30.4. The minimum absolute atomic E-state index is 0.178. The number of nitrogens with one attached hydrogen (secondary N) is 2. The summed E-state index contributed by atoms with van der Waals surface area (Å²) in [4.78, 5) is 16.6. The van der Waals surface area contributed by atoms with Gasteiger partial charge in [0.1, 0.15) is 11.7 Å². The quantitative estimate of drug-likeness (QED) is 0.391. The fourth-order valence-corrected chi connectivity index (χ4v) is 3.61. The topological polar surface area (TPSA) is 101 Å². The number of carbonyl (C=O) groups excluding carboxylic acids is 1. The Balaban J connectivity index is 1.47. The molecule has 0 bridgehead atoms. The van der Waals surface area contributed by atoms with Crippen molar-refractivity contribution in [3.63, 3.8) is 0 Å². The molecule has 29 heavy (non-hydrogen) atoms. The summed E-state index contributed by atoms with van der Waals surface area (Å²) in [6.07, 6.45) is -2.23. The molecule has 3 atom stereocenters. The van der Waals surface area contributed by atoms with Crippen LogP contribution < -0.4 is 16.6 Å². The van der Waals surface area contributed by atoms with Gasteiger partial charge < -0.3 is 14.8 Å². The number of carbonyl (C=O) groups is 1. The van der Waals surface area contributed by atoms with Crippen LogP contribution in [-0.4, -0.2) is 42.2 Å². The van der Waals surface area contributed by atoms with E-state index in [1.54, 1.807) is 0 Å². The van der Waals surface area contributed by atoms with E-state index in [-0.39, 0.29) is 12.6 Å². The van der Waals surface area contributed by atoms with Gasteiger partial charge in [-0.05, 0) is 43.4 Å². The third-order valence-electron chi connectivity index (χ3n) is 5.51. The van der Waals surface area contributed by atoms with Gasteiger partial charge in [-0.2, -0.15) is 13.2 Å². The first-order valence-electron chi connectivity index (χ1n) is 9.59. The largest absolute Gasteiger partial charge is 0.444 e. The number of alkyl carbamates (subject to hydrolysis) is 1. The number of nitrogens with zero attached hydrogens (tertiary/aromatic N) is 1. The van der Waals surface area contributed by atoms with Gasteiger partial charge >= 0.3 is 12.3 Å². The molecule has 4 N–H and O–H groups in total. The van der Waals surface area contributed by atoms with Crippen LogP contribution in [0.5, 0.6) is 0 Å². The maximum atomic E-state index is 12.7. The van der Waals surface area contributed by atoms with Gasteiger partial charge in [0.25, 0.3) is 0 Å². The van der Waals surface area contributed by atoms with Crippen LogP contribution in [0.4, 0.5) is 18.0 Å². The lowest BCUT2D eigenvalue weighted by Crippen LogP contribution is -2.59. The van der Waals surface area contributed by atoms with Crippen molar-refractivity contribution in [1.82, 2.24) is 10.7 Å². The van der Waals surface area contributed by atoms with E-state index in [0.717, 1.165) is 25.0 Å². The number of ether oxygens (including phenoxy) is 2. The van der Waals surface area contributed by atoms with Gasteiger partial charge in [-0.1, -0.05) is 12.1 Å². The lowest BCUT2D eigenvalue weighted by molar-refractivity contribution is -0.137. The molecule has 1 spiro atoms. The molecule has 158 valence electrons. The van der Waals surface area contributed by atoms with E-state index in [4.69, 9.17) is 15.3 Å². The average Bonchev–Trinajstić information content (AvgIpc) is 3.59. The highest BCUT2D eigenvalue weighted by atomic mass is 19.4. The van der Waals surface area contributed by atoms with E-state index < -0.39 is 35.6 Å². The Labute approximate surface area is 165 Å². The first-order chi connectivity index (χ1) is 13.8. The van der Waals surface area contributed by atoms with Crippen LogP contribution in [0.1, 0.15) is 36.8 Å². The summed E-state index contributed by atoms with van der Waals surface area (Å²) in [5.41, 5.74) is 2.70. The number of nitrogens with two attached hydrogens (primary N) is 1. The van der Waals surface area contributed by atoms with Crippen LogP contribution >= 0.6 is 0 Å². The van der Waals surface area contributed by atoms with Crippen molar-refractivity contribution in [1.29, 1.82) is 0 Å². The van der Waals surface area contributed by atoms with Crippen LogP contribution in [0.3, 0.4) is 0 Å². The molecular weight excluding hydrogens is 389 g/mol. The van der Waals surface area contributed by atoms with Gasteiger partial charge in [0.15, 0.2) is 0 Å². The molecule has 1 heterocycles. The highest BCUT2D eigenvalue weighted by Crippen LogP contribution is 2.41. The summed E-state index contributed by atoms with van der Waals surface area (Å²) in [5, 5.41) is 2.78. The Morgan fingerprint density at radius 3 is 2.52 bits per heavy atom. The molecular formula is C19H23F3N4O3. The van der Waals surface area contributed by atoms with E-state index in [0.29, 0.717) is 30.7 Å². The molecule has 1 amide bonds. The van der Waals surface area contributed by atoms with Gasteiger partial charge in [-0.3, -0.25) is 10.8 Å². The molecule has 1 aromatic rings. The van der Waals surface area contributed by atoms with Crippen molar-refractivity contribution >= 4 is 11.8 Å².